The fourth-order valence-corrected chi connectivity index (χ4v) is 1.53. The number of benzene rings is 1. The lowest BCUT2D eigenvalue weighted by molar-refractivity contribution is -0.385. The van der Waals surface area contributed by atoms with E-state index in [1.54, 1.807) is 0 Å². The van der Waals surface area contributed by atoms with Gasteiger partial charge in [0.15, 0.2) is 5.75 Å². The van der Waals surface area contributed by atoms with Gasteiger partial charge in [-0.25, -0.2) is 0 Å². The summed E-state index contributed by atoms with van der Waals surface area (Å²) in [6.45, 7) is 0. The van der Waals surface area contributed by atoms with Crippen LogP contribution in [0.4, 0.5) is 24.5 Å². The van der Waals surface area contributed by atoms with Crippen LogP contribution in [0.1, 0.15) is 5.56 Å². The quantitative estimate of drug-likeness (QED) is 0.693. The van der Waals surface area contributed by atoms with Gasteiger partial charge < -0.3 is 10.5 Å². The fourth-order valence-electron chi connectivity index (χ4n) is 1.53. The summed E-state index contributed by atoms with van der Waals surface area (Å²) in [5.74, 6) is -0.279. The van der Waals surface area contributed by atoms with E-state index in [4.69, 9.17) is 10.5 Å². The minimum Gasteiger partial charge on any atom is -0.448 e. The number of nitrogen functional groups attached to an aromatic ring is 1. The van der Waals surface area contributed by atoms with Crippen LogP contribution in [0.25, 0.3) is 0 Å². The molecule has 1 heterocycles. The zero-order valence-corrected chi connectivity index (χ0v) is 10.3. The largest absolute Gasteiger partial charge is 0.448 e. The number of anilines is 1. The Kier molecular flexibility index (Phi) is 3.66. The number of nitrogens with two attached hydrogens (primary N) is 1. The van der Waals surface area contributed by atoms with Crippen LogP contribution in [0.2, 0.25) is 0 Å². The van der Waals surface area contributed by atoms with Crippen molar-refractivity contribution < 1.29 is 22.8 Å². The lowest BCUT2D eigenvalue weighted by Crippen LogP contribution is -2.06. The van der Waals surface area contributed by atoms with E-state index in [1.807, 2.05) is 0 Å². The Morgan fingerprint density at radius 2 is 1.95 bits per heavy atom. The molecule has 0 aliphatic rings. The van der Waals surface area contributed by atoms with Crippen LogP contribution in [-0.2, 0) is 6.18 Å². The predicted molar refractivity (Wildman–Crippen MR) is 66.8 cm³/mol. The SMILES string of the molecule is Nc1cnccc1Oc1ccc(C(F)(F)F)cc1[N+](=O)[O-]. The van der Waals surface area contributed by atoms with Crippen LogP contribution in [0.5, 0.6) is 11.5 Å². The van der Waals surface area contributed by atoms with Gasteiger partial charge in [-0.15, -0.1) is 0 Å². The van der Waals surface area contributed by atoms with E-state index in [-0.39, 0.29) is 17.2 Å². The van der Waals surface area contributed by atoms with E-state index >= 15 is 0 Å². The number of nitrogens with zero attached hydrogens (tertiary/aromatic N) is 2. The molecule has 0 radical (unpaired) electrons. The van der Waals surface area contributed by atoms with E-state index in [2.05, 4.69) is 4.98 Å². The fraction of sp³-hybridized carbons (Fsp3) is 0.0833. The maximum Gasteiger partial charge on any atom is 0.416 e. The Bertz CT molecular complexity index is 689. The summed E-state index contributed by atoms with van der Waals surface area (Å²) < 4.78 is 42.9. The summed E-state index contributed by atoms with van der Waals surface area (Å²) in [7, 11) is 0. The zero-order valence-electron chi connectivity index (χ0n) is 10.3. The Morgan fingerprint density at radius 1 is 1.24 bits per heavy atom. The third-order valence-electron chi connectivity index (χ3n) is 2.51. The molecule has 1 aromatic carbocycles. The molecule has 0 unspecified atom stereocenters. The summed E-state index contributed by atoms with van der Waals surface area (Å²) in [4.78, 5) is 13.6. The second kappa shape index (κ2) is 5.27. The molecule has 9 heteroatoms. The second-order valence-corrected chi connectivity index (χ2v) is 3.95. The van der Waals surface area contributed by atoms with E-state index in [0.29, 0.717) is 12.1 Å². The summed E-state index contributed by atoms with van der Waals surface area (Å²) in [6, 6.07) is 3.32. The van der Waals surface area contributed by atoms with Crippen molar-refractivity contribution in [3.8, 4) is 11.5 Å². The number of hydrogen-bond acceptors (Lipinski definition) is 5. The molecular weight excluding hydrogens is 291 g/mol. The minimum absolute atomic E-state index is 0.0628. The highest BCUT2D eigenvalue weighted by Crippen LogP contribution is 2.38. The molecule has 110 valence electrons. The number of rotatable bonds is 3. The molecular formula is C12H8F3N3O3. The molecule has 0 bridgehead atoms. The number of aromatic nitrogens is 1. The third-order valence-corrected chi connectivity index (χ3v) is 2.51. The van der Waals surface area contributed by atoms with Crippen LogP contribution >= 0.6 is 0 Å². The second-order valence-electron chi connectivity index (χ2n) is 3.95. The molecule has 2 aromatic rings. The Hall–Kier alpha value is -2.84. The van der Waals surface area contributed by atoms with Gasteiger partial charge in [-0.3, -0.25) is 15.1 Å². The first-order chi connectivity index (χ1) is 9.79. The predicted octanol–water partition coefficient (Wildman–Crippen LogP) is 3.38. The molecule has 1 aromatic heterocycles. The number of hydrogen-bond donors (Lipinski definition) is 1. The first-order valence-corrected chi connectivity index (χ1v) is 5.52. The molecule has 0 amide bonds. The lowest BCUT2D eigenvalue weighted by Gasteiger charge is -2.10. The summed E-state index contributed by atoms with van der Waals surface area (Å²) in [5.41, 5.74) is 3.72. The standard InChI is InChI=1S/C12H8F3N3O3/c13-12(14,15)7-1-2-11(9(5-7)18(19)20)21-10-3-4-17-6-8(10)16/h1-6H,16H2. The number of halogens is 3. The van der Waals surface area contributed by atoms with Crippen molar-refractivity contribution in [3.05, 3.63) is 52.3 Å². The van der Waals surface area contributed by atoms with Gasteiger partial charge in [-0.2, -0.15) is 13.2 Å². The van der Waals surface area contributed by atoms with Crippen LogP contribution in [0.3, 0.4) is 0 Å². The van der Waals surface area contributed by atoms with Gasteiger partial charge in [0.1, 0.15) is 0 Å². The molecule has 0 fully saturated rings. The van der Waals surface area contributed by atoms with Crippen molar-refractivity contribution in [1.29, 1.82) is 0 Å². The molecule has 0 aliphatic heterocycles. The van der Waals surface area contributed by atoms with Crippen molar-refractivity contribution in [1.82, 2.24) is 4.98 Å². The van der Waals surface area contributed by atoms with Gasteiger partial charge in [0, 0.05) is 18.3 Å². The van der Waals surface area contributed by atoms with Gasteiger partial charge in [-0.1, -0.05) is 0 Å². The monoisotopic (exact) mass is 299 g/mol. The molecule has 2 rings (SSSR count). The number of alkyl halides is 3. The van der Waals surface area contributed by atoms with E-state index in [1.165, 1.54) is 18.5 Å². The number of nitro benzene ring substituents is 1. The number of nitro groups is 1. The van der Waals surface area contributed by atoms with E-state index in [0.717, 1.165) is 6.07 Å². The number of pyridine rings is 1. The van der Waals surface area contributed by atoms with Crippen LogP contribution < -0.4 is 10.5 Å². The highest BCUT2D eigenvalue weighted by molar-refractivity contribution is 5.56. The number of ether oxygens (including phenoxy) is 1. The van der Waals surface area contributed by atoms with Crippen LogP contribution in [0.15, 0.2) is 36.7 Å². The summed E-state index contributed by atoms with van der Waals surface area (Å²) in [5, 5.41) is 10.9. The zero-order chi connectivity index (χ0) is 15.6. The van der Waals surface area contributed by atoms with E-state index < -0.39 is 22.4 Å². The van der Waals surface area contributed by atoms with Crippen molar-refractivity contribution >= 4 is 11.4 Å². The minimum atomic E-state index is -4.68. The average molecular weight is 299 g/mol. The Labute approximate surface area is 116 Å². The maximum absolute atomic E-state index is 12.6. The van der Waals surface area contributed by atoms with Gasteiger partial charge in [0.25, 0.3) is 0 Å². The average Bonchev–Trinajstić information content (AvgIpc) is 2.40. The molecule has 6 nitrogen and oxygen atoms in total. The molecule has 0 saturated carbocycles. The first-order valence-electron chi connectivity index (χ1n) is 5.52. The van der Waals surface area contributed by atoms with Gasteiger partial charge in [0.2, 0.25) is 5.75 Å². The Morgan fingerprint density at radius 3 is 2.52 bits per heavy atom. The topological polar surface area (TPSA) is 91.3 Å². The summed E-state index contributed by atoms with van der Waals surface area (Å²) >= 11 is 0. The normalized spacial score (nSPS) is 11.2. The molecule has 0 aliphatic carbocycles. The molecule has 0 spiro atoms. The highest BCUT2D eigenvalue weighted by atomic mass is 19.4. The maximum atomic E-state index is 12.6. The van der Waals surface area contributed by atoms with Crippen molar-refractivity contribution in [3.63, 3.8) is 0 Å². The Balaban J connectivity index is 2.45. The van der Waals surface area contributed by atoms with Gasteiger partial charge in [0.05, 0.1) is 22.4 Å². The van der Waals surface area contributed by atoms with E-state index in [9.17, 15) is 23.3 Å². The lowest BCUT2D eigenvalue weighted by atomic mass is 10.2. The van der Waals surface area contributed by atoms with Crippen molar-refractivity contribution in [2.75, 3.05) is 5.73 Å². The van der Waals surface area contributed by atoms with Crippen molar-refractivity contribution in [2.45, 2.75) is 6.18 Å². The molecule has 0 saturated heterocycles. The molecule has 0 atom stereocenters. The first kappa shape index (κ1) is 14.6. The third kappa shape index (κ3) is 3.19. The van der Waals surface area contributed by atoms with Gasteiger partial charge in [-0.05, 0) is 12.1 Å². The molecule has 2 N–H and O–H groups in total. The summed E-state index contributed by atoms with van der Waals surface area (Å²) in [6.07, 6.45) is -2.09. The van der Waals surface area contributed by atoms with Crippen molar-refractivity contribution in [2.24, 2.45) is 0 Å². The van der Waals surface area contributed by atoms with Gasteiger partial charge >= 0.3 is 11.9 Å². The molecule has 21 heavy (non-hydrogen) atoms. The highest BCUT2D eigenvalue weighted by Gasteiger charge is 2.33. The smallest absolute Gasteiger partial charge is 0.416 e. The van der Waals surface area contributed by atoms with Crippen LogP contribution in [0, 0.1) is 10.1 Å². The van der Waals surface area contributed by atoms with Crippen LogP contribution in [-0.4, -0.2) is 9.91 Å².